The van der Waals surface area contributed by atoms with Gasteiger partial charge in [-0.2, -0.15) is 0 Å². The van der Waals surface area contributed by atoms with Crippen molar-refractivity contribution in [3.8, 4) is 5.75 Å². The number of Topliss-reactive ketones (excluding diaryl/α,β-unsaturated/α-hetero) is 1. The Hall–Kier alpha value is -2.60. The van der Waals surface area contributed by atoms with Crippen LogP contribution >= 0.6 is 0 Å². The molecule has 0 fully saturated rings. The molecule has 6 nitrogen and oxygen atoms in total. The minimum atomic E-state index is -0.393. The number of quaternary nitrogens is 1. The number of nitrogens with one attached hydrogen (secondary N) is 2. The molecule has 1 unspecified atom stereocenters. The Bertz CT molecular complexity index is 824. The van der Waals surface area contributed by atoms with E-state index in [1.54, 1.807) is 20.8 Å². The van der Waals surface area contributed by atoms with Crippen molar-refractivity contribution in [2.75, 3.05) is 20.3 Å². The minimum absolute atomic E-state index is 0.0143. The molecule has 6 heteroatoms. The number of carbonyl (C=O) groups is 2. The van der Waals surface area contributed by atoms with Crippen molar-refractivity contribution in [1.82, 2.24) is 4.98 Å². The van der Waals surface area contributed by atoms with Gasteiger partial charge in [0, 0.05) is 11.3 Å². The minimum Gasteiger partial charge on any atom is -0.494 e. The van der Waals surface area contributed by atoms with Gasteiger partial charge in [0.15, 0.2) is 6.04 Å². The predicted octanol–water partition coefficient (Wildman–Crippen LogP) is 2.49. The van der Waals surface area contributed by atoms with Crippen LogP contribution in [0.25, 0.3) is 0 Å². The van der Waals surface area contributed by atoms with E-state index in [4.69, 9.17) is 9.47 Å². The van der Waals surface area contributed by atoms with E-state index in [9.17, 15) is 9.59 Å². The summed E-state index contributed by atoms with van der Waals surface area (Å²) < 4.78 is 10.6. The normalized spacial score (nSPS) is 13.1. The first-order chi connectivity index (χ1) is 13.3. The van der Waals surface area contributed by atoms with E-state index in [2.05, 4.69) is 4.98 Å². The van der Waals surface area contributed by atoms with Crippen LogP contribution in [0.5, 0.6) is 5.75 Å². The maximum Gasteiger partial charge on any atom is 0.340 e. The second-order valence-corrected chi connectivity index (χ2v) is 7.03. The second-order valence-electron chi connectivity index (χ2n) is 7.03. The van der Waals surface area contributed by atoms with Crippen molar-refractivity contribution in [3.63, 3.8) is 0 Å². The molecule has 1 aromatic carbocycles. The number of hydrogen-bond acceptors (Lipinski definition) is 4. The number of carbonyl (C=O) groups excluding carboxylic acids is 2. The van der Waals surface area contributed by atoms with Crippen LogP contribution in [-0.2, 0) is 11.3 Å². The van der Waals surface area contributed by atoms with Gasteiger partial charge in [-0.25, -0.2) is 4.79 Å². The molecule has 28 heavy (non-hydrogen) atoms. The number of aryl methyl sites for hydroxylation is 1. The lowest BCUT2D eigenvalue weighted by molar-refractivity contribution is -0.907. The van der Waals surface area contributed by atoms with Gasteiger partial charge in [-0.15, -0.1) is 0 Å². The molecule has 0 aliphatic carbocycles. The summed E-state index contributed by atoms with van der Waals surface area (Å²) in [6.07, 6.45) is 0. The van der Waals surface area contributed by atoms with Crippen molar-refractivity contribution in [3.05, 3.63) is 52.3 Å². The number of H-pyrrole nitrogens is 1. The number of ketones is 1. The average molecular weight is 388 g/mol. The molecule has 1 aromatic heterocycles. The summed E-state index contributed by atoms with van der Waals surface area (Å²) >= 11 is 0. The lowest BCUT2D eigenvalue weighted by Gasteiger charge is -2.21. The third-order valence-corrected chi connectivity index (χ3v) is 5.01. The van der Waals surface area contributed by atoms with Crippen LogP contribution in [0.1, 0.15) is 58.4 Å². The van der Waals surface area contributed by atoms with Crippen LogP contribution in [0.2, 0.25) is 0 Å². The number of ether oxygens (including phenoxy) is 2. The van der Waals surface area contributed by atoms with E-state index in [0.717, 1.165) is 16.2 Å². The standard InChI is InChI=1S/C22H30N2O4/c1-7-27-18-11-9-17(10-12-18)13-24(6)16(5)21(25)20-14(3)19(15(4)23-20)22(26)28-8-2/h9-12,16,23H,7-8,13H2,1-6H3/p+1/t16-/m1/s1. The SMILES string of the molecule is CCOC(=O)c1c(C)[nH]c(C(=O)[C@@H](C)[NH+](C)Cc2ccc(OCC)cc2)c1C. The molecule has 2 rings (SSSR count). The highest BCUT2D eigenvalue weighted by Gasteiger charge is 2.29. The summed E-state index contributed by atoms with van der Waals surface area (Å²) in [6, 6.07) is 7.67. The van der Waals surface area contributed by atoms with Crippen molar-refractivity contribution < 1.29 is 24.0 Å². The van der Waals surface area contributed by atoms with E-state index in [-0.39, 0.29) is 11.8 Å². The fourth-order valence-corrected chi connectivity index (χ4v) is 3.29. The molecule has 0 saturated heterocycles. The van der Waals surface area contributed by atoms with E-state index >= 15 is 0 Å². The van der Waals surface area contributed by atoms with Crippen molar-refractivity contribution in [2.24, 2.45) is 0 Å². The number of hydrogen-bond donors (Lipinski definition) is 2. The first-order valence-corrected chi connectivity index (χ1v) is 9.74. The second kappa shape index (κ2) is 9.55. The fourth-order valence-electron chi connectivity index (χ4n) is 3.29. The number of aromatic amines is 1. The van der Waals surface area contributed by atoms with Crippen LogP contribution < -0.4 is 9.64 Å². The van der Waals surface area contributed by atoms with E-state index in [0.29, 0.717) is 42.3 Å². The molecule has 0 amide bonds. The fraction of sp³-hybridized carbons (Fsp3) is 0.455. The Morgan fingerprint density at radius 2 is 1.75 bits per heavy atom. The van der Waals surface area contributed by atoms with Crippen LogP contribution in [0.3, 0.4) is 0 Å². The smallest absolute Gasteiger partial charge is 0.340 e. The third kappa shape index (κ3) is 4.81. The molecule has 1 heterocycles. The third-order valence-electron chi connectivity index (χ3n) is 5.01. The lowest BCUT2D eigenvalue weighted by atomic mass is 10.0. The Morgan fingerprint density at radius 3 is 2.32 bits per heavy atom. The summed E-state index contributed by atoms with van der Waals surface area (Å²) in [7, 11) is 2.00. The van der Waals surface area contributed by atoms with E-state index in [1.807, 2.05) is 45.2 Å². The van der Waals surface area contributed by atoms with Crippen LogP contribution in [-0.4, -0.2) is 43.0 Å². The molecule has 0 spiro atoms. The molecule has 2 atom stereocenters. The highest BCUT2D eigenvalue weighted by Crippen LogP contribution is 2.20. The van der Waals surface area contributed by atoms with Gasteiger partial charge in [-0.1, -0.05) is 0 Å². The first-order valence-electron chi connectivity index (χ1n) is 9.74. The highest BCUT2D eigenvalue weighted by molar-refractivity contribution is 6.03. The quantitative estimate of drug-likeness (QED) is 0.512. The van der Waals surface area contributed by atoms with Crippen LogP contribution in [0.4, 0.5) is 0 Å². The molecule has 0 aliphatic heterocycles. The molecule has 0 saturated carbocycles. The molecular weight excluding hydrogens is 356 g/mol. The summed E-state index contributed by atoms with van der Waals surface area (Å²) in [4.78, 5) is 29.4. The van der Waals surface area contributed by atoms with E-state index in [1.165, 1.54) is 0 Å². The van der Waals surface area contributed by atoms with Gasteiger partial charge in [-0.05, 0) is 64.4 Å². The van der Waals surface area contributed by atoms with Crippen molar-refractivity contribution in [1.29, 1.82) is 0 Å². The number of aromatic nitrogens is 1. The zero-order valence-electron chi connectivity index (χ0n) is 17.6. The zero-order chi connectivity index (χ0) is 20.8. The largest absolute Gasteiger partial charge is 0.494 e. The monoisotopic (exact) mass is 387 g/mol. The zero-order valence-corrected chi connectivity index (χ0v) is 17.6. The Labute approximate surface area is 166 Å². The van der Waals surface area contributed by atoms with Crippen LogP contribution in [0.15, 0.2) is 24.3 Å². The molecule has 152 valence electrons. The summed E-state index contributed by atoms with van der Waals surface area (Å²) in [5.41, 5.74) is 3.39. The Balaban J connectivity index is 2.13. The average Bonchev–Trinajstić information content (AvgIpc) is 2.96. The lowest BCUT2D eigenvalue weighted by Crippen LogP contribution is -3.12. The summed E-state index contributed by atoms with van der Waals surface area (Å²) in [5, 5.41) is 0. The predicted molar refractivity (Wildman–Crippen MR) is 108 cm³/mol. The summed E-state index contributed by atoms with van der Waals surface area (Å²) in [5.74, 6) is 0.437. The van der Waals surface area contributed by atoms with Gasteiger partial charge in [-0.3, -0.25) is 4.79 Å². The molecule has 2 N–H and O–H groups in total. The molecule has 0 radical (unpaired) electrons. The molecule has 2 aromatic rings. The van der Waals surface area contributed by atoms with Crippen LogP contribution in [0, 0.1) is 13.8 Å². The Kier molecular flexibility index (Phi) is 7.40. The molecular formula is C22H31N2O4+. The number of rotatable bonds is 9. The van der Waals surface area contributed by atoms with E-state index < -0.39 is 5.97 Å². The van der Waals surface area contributed by atoms with Gasteiger partial charge in [0.2, 0.25) is 5.78 Å². The molecule has 0 bridgehead atoms. The maximum absolute atomic E-state index is 13.1. The Morgan fingerprint density at radius 1 is 1.11 bits per heavy atom. The maximum atomic E-state index is 13.1. The topological polar surface area (TPSA) is 72.8 Å². The highest BCUT2D eigenvalue weighted by atomic mass is 16.5. The summed E-state index contributed by atoms with van der Waals surface area (Å²) in [6.45, 7) is 10.9. The van der Waals surface area contributed by atoms with Crippen molar-refractivity contribution in [2.45, 2.75) is 47.2 Å². The first kappa shape index (κ1) is 21.7. The van der Waals surface area contributed by atoms with Gasteiger partial charge in [0.05, 0.1) is 31.5 Å². The van der Waals surface area contributed by atoms with Gasteiger partial charge in [0.1, 0.15) is 12.3 Å². The van der Waals surface area contributed by atoms with Gasteiger partial charge >= 0.3 is 5.97 Å². The van der Waals surface area contributed by atoms with Crippen molar-refractivity contribution >= 4 is 11.8 Å². The van der Waals surface area contributed by atoms with Gasteiger partial charge < -0.3 is 19.4 Å². The number of likely N-dealkylation sites (N-methyl/N-ethyl adjacent to an activating group) is 1. The number of esters is 1. The number of benzene rings is 1. The molecule has 0 aliphatic rings. The van der Waals surface area contributed by atoms with Gasteiger partial charge in [0.25, 0.3) is 0 Å².